The minimum absolute atomic E-state index is 0.296. The highest BCUT2D eigenvalue weighted by Gasteiger charge is 2.54. The largest absolute Gasteiger partial charge is 0.481 e. The Balaban J connectivity index is 1.70. The molecule has 1 saturated carbocycles. The average molecular weight is 290 g/mol. The van der Waals surface area contributed by atoms with Crippen LogP contribution in [0.5, 0.6) is 5.88 Å². The van der Waals surface area contributed by atoms with Gasteiger partial charge in [0.05, 0.1) is 17.7 Å². The Hall–Kier alpha value is -1.62. The van der Waals surface area contributed by atoms with Crippen molar-refractivity contribution in [3.63, 3.8) is 0 Å². The van der Waals surface area contributed by atoms with Crippen molar-refractivity contribution in [1.29, 1.82) is 0 Å². The van der Waals surface area contributed by atoms with Crippen LogP contribution in [0.2, 0.25) is 0 Å². The van der Waals surface area contributed by atoms with E-state index in [2.05, 4.69) is 9.88 Å². The Labute approximate surface area is 124 Å². The third-order valence-corrected chi connectivity index (χ3v) is 4.83. The zero-order chi connectivity index (χ0) is 14.9. The van der Waals surface area contributed by atoms with Crippen LogP contribution in [0, 0.1) is 11.3 Å². The molecule has 114 valence electrons. The highest BCUT2D eigenvalue weighted by molar-refractivity contribution is 5.76. The molecule has 0 bridgehead atoms. The summed E-state index contributed by atoms with van der Waals surface area (Å²) in [5.41, 5.74) is 0.429. The Kier molecular flexibility index (Phi) is 3.85. The standard InChI is InChI=1S/C16H22N2O3/c1-2-21-14-7-3-6-13(17-14)10-18-9-12-5-4-8-16(12,11-18)15(19)20/h3,6-7,12H,2,4-5,8-11H2,1H3,(H,19,20)/t12-,16+/m0/s1. The molecule has 1 aliphatic carbocycles. The van der Waals surface area contributed by atoms with Gasteiger partial charge in [0.25, 0.3) is 0 Å². The summed E-state index contributed by atoms with van der Waals surface area (Å²) in [6.45, 7) is 4.75. The van der Waals surface area contributed by atoms with E-state index in [9.17, 15) is 9.90 Å². The molecular formula is C16H22N2O3. The summed E-state index contributed by atoms with van der Waals surface area (Å²) in [7, 11) is 0. The van der Waals surface area contributed by atoms with Crippen LogP contribution < -0.4 is 4.74 Å². The molecular weight excluding hydrogens is 268 g/mol. The molecule has 1 aliphatic heterocycles. The van der Waals surface area contributed by atoms with E-state index in [1.807, 2.05) is 25.1 Å². The maximum Gasteiger partial charge on any atom is 0.311 e. The van der Waals surface area contributed by atoms with Gasteiger partial charge in [0.1, 0.15) is 0 Å². The molecule has 3 rings (SSSR count). The molecule has 5 nitrogen and oxygen atoms in total. The van der Waals surface area contributed by atoms with Gasteiger partial charge in [0, 0.05) is 25.7 Å². The Morgan fingerprint density at radius 1 is 1.57 bits per heavy atom. The van der Waals surface area contributed by atoms with E-state index < -0.39 is 11.4 Å². The first kappa shape index (κ1) is 14.3. The number of fused-ring (bicyclic) bond motifs is 1. The summed E-state index contributed by atoms with van der Waals surface area (Å²) >= 11 is 0. The second-order valence-electron chi connectivity index (χ2n) is 6.12. The van der Waals surface area contributed by atoms with Gasteiger partial charge in [-0.3, -0.25) is 9.69 Å². The van der Waals surface area contributed by atoms with Gasteiger partial charge in [-0.05, 0) is 31.7 Å². The van der Waals surface area contributed by atoms with Crippen LogP contribution in [0.25, 0.3) is 0 Å². The lowest BCUT2D eigenvalue weighted by molar-refractivity contribution is -0.149. The third kappa shape index (κ3) is 2.62. The van der Waals surface area contributed by atoms with Crippen LogP contribution in [0.3, 0.4) is 0 Å². The highest BCUT2D eigenvalue weighted by atomic mass is 16.5. The van der Waals surface area contributed by atoms with Crippen LogP contribution in [-0.2, 0) is 11.3 Å². The molecule has 0 amide bonds. The van der Waals surface area contributed by atoms with Crippen LogP contribution in [0.1, 0.15) is 31.9 Å². The maximum atomic E-state index is 11.7. The number of carboxylic acid groups (broad SMARTS) is 1. The molecule has 2 fully saturated rings. The van der Waals surface area contributed by atoms with Gasteiger partial charge >= 0.3 is 5.97 Å². The second-order valence-corrected chi connectivity index (χ2v) is 6.12. The quantitative estimate of drug-likeness (QED) is 0.900. The number of aliphatic carboxylic acids is 1. The summed E-state index contributed by atoms with van der Waals surface area (Å²) in [6, 6.07) is 5.77. The van der Waals surface area contributed by atoms with Gasteiger partial charge in [0.2, 0.25) is 5.88 Å². The number of ether oxygens (including phenoxy) is 1. The highest BCUT2D eigenvalue weighted by Crippen LogP contribution is 2.49. The van der Waals surface area contributed by atoms with Crippen molar-refractivity contribution in [2.24, 2.45) is 11.3 Å². The van der Waals surface area contributed by atoms with Crippen LogP contribution in [0.15, 0.2) is 18.2 Å². The fourth-order valence-electron chi connectivity index (χ4n) is 3.87. The van der Waals surface area contributed by atoms with E-state index in [1.165, 1.54) is 0 Å². The van der Waals surface area contributed by atoms with Gasteiger partial charge in [0.15, 0.2) is 0 Å². The molecule has 2 aliphatic rings. The molecule has 0 unspecified atom stereocenters. The van der Waals surface area contributed by atoms with E-state index in [0.717, 1.165) is 31.5 Å². The molecule has 5 heteroatoms. The summed E-state index contributed by atoms with van der Waals surface area (Å²) in [6.07, 6.45) is 2.90. The minimum Gasteiger partial charge on any atom is -0.481 e. The van der Waals surface area contributed by atoms with E-state index in [4.69, 9.17) is 4.74 Å². The van der Waals surface area contributed by atoms with E-state index in [1.54, 1.807) is 0 Å². The van der Waals surface area contributed by atoms with Crippen LogP contribution >= 0.6 is 0 Å². The lowest BCUT2D eigenvalue weighted by atomic mass is 9.81. The van der Waals surface area contributed by atoms with Crippen LogP contribution in [-0.4, -0.2) is 40.7 Å². The summed E-state index contributed by atoms with van der Waals surface area (Å²) in [5.74, 6) is 0.316. The van der Waals surface area contributed by atoms with Gasteiger partial charge in [-0.1, -0.05) is 12.5 Å². The summed E-state index contributed by atoms with van der Waals surface area (Å²) < 4.78 is 5.42. The number of pyridine rings is 1. The summed E-state index contributed by atoms with van der Waals surface area (Å²) in [5, 5.41) is 9.61. The average Bonchev–Trinajstić information content (AvgIpc) is 2.97. The van der Waals surface area contributed by atoms with Gasteiger partial charge < -0.3 is 9.84 Å². The number of carboxylic acids is 1. The van der Waals surface area contributed by atoms with Crippen molar-refractivity contribution in [1.82, 2.24) is 9.88 Å². The Morgan fingerprint density at radius 2 is 2.43 bits per heavy atom. The molecule has 1 aromatic heterocycles. The fraction of sp³-hybridized carbons (Fsp3) is 0.625. The molecule has 2 heterocycles. The third-order valence-electron chi connectivity index (χ3n) is 4.83. The molecule has 21 heavy (non-hydrogen) atoms. The normalized spacial score (nSPS) is 28.5. The SMILES string of the molecule is CCOc1cccc(CN2C[C@@H]3CCC[C@@]3(C(=O)O)C2)n1. The first-order chi connectivity index (χ1) is 10.1. The van der Waals surface area contributed by atoms with E-state index in [-0.39, 0.29) is 0 Å². The minimum atomic E-state index is -0.622. The molecule has 0 radical (unpaired) electrons. The zero-order valence-electron chi connectivity index (χ0n) is 12.4. The van der Waals surface area contributed by atoms with Gasteiger partial charge in [-0.15, -0.1) is 0 Å². The number of aromatic nitrogens is 1. The van der Waals surface area contributed by atoms with Crippen molar-refractivity contribution in [3.8, 4) is 5.88 Å². The van der Waals surface area contributed by atoms with Crippen molar-refractivity contribution in [3.05, 3.63) is 23.9 Å². The molecule has 1 saturated heterocycles. The molecule has 0 spiro atoms. The number of rotatable bonds is 5. The van der Waals surface area contributed by atoms with Gasteiger partial charge in [-0.2, -0.15) is 0 Å². The number of hydrogen-bond donors (Lipinski definition) is 1. The predicted octanol–water partition coefficient (Wildman–Crippen LogP) is 2.17. The smallest absolute Gasteiger partial charge is 0.311 e. The van der Waals surface area contributed by atoms with E-state index >= 15 is 0 Å². The first-order valence-electron chi connectivity index (χ1n) is 7.68. The molecule has 1 N–H and O–H groups in total. The number of hydrogen-bond acceptors (Lipinski definition) is 4. The lowest BCUT2D eigenvalue weighted by Crippen LogP contribution is -2.35. The van der Waals surface area contributed by atoms with Crippen molar-refractivity contribution >= 4 is 5.97 Å². The van der Waals surface area contributed by atoms with Gasteiger partial charge in [-0.25, -0.2) is 4.98 Å². The van der Waals surface area contributed by atoms with Crippen molar-refractivity contribution < 1.29 is 14.6 Å². The fourth-order valence-corrected chi connectivity index (χ4v) is 3.87. The maximum absolute atomic E-state index is 11.7. The van der Waals surface area contributed by atoms with Crippen molar-refractivity contribution in [2.75, 3.05) is 19.7 Å². The lowest BCUT2D eigenvalue weighted by Gasteiger charge is -2.23. The monoisotopic (exact) mass is 290 g/mol. The molecule has 1 aromatic rings. The van der Waals surface area contributed by atoms with Crippen LogP contribution in [0.4, 0.5) is 0 Å². The number of nitrogens with zero attached hydrogens (tertiary/aromatic N) is 2. The first-order valence-corrected chi connectivity index (χ1v) is 7.68. The second kappa shape index (κ2) is 5.64. The van der Waals surface area contributed by atoms with E-state index in [0.29, 0.717) is 31.5 Å². The Morgan fingerprint density at radius 3 is 3.14 bits per heavy atom. The topological polar surface area (TPSA) is 62.7 Å². The predicted molar refractivity (Wildman–Crippen MR) is 78.1 cm³/mol. The zero-order valence-corrected chi connectivity index (χ0v) is 12.4. The number of carbonyl (C=O) groups is 1. The number of likely N-dealkylation sites (tertiary alicyclic amines) is 1. The molecule has 2 atom stereocenters. The molecule has 0 aromatic carbocycles. The Bertz CT molecular complexity index is 534. The summed E-state index contributed by atoms with van der Waals surface area (Å²) in [4.78, 5) is 18.4. The van der Waals surface area contributed by atoms with Crippen molar-refractivity contribution in [2.45, 2.75) is 32.7 Å².